The summed E-state index contributed by atoms with van der Waals surface area (Å²) in [5.74, 6) is 2.55. The minimum atomic E-state index is 0.0537. The summed E-state index contributed by atoms with van der Waals surface area (Å²) in [5.41, 5.74) is 1.70. The van der Waals surface area contributed by atoms with E-state index in [9.17, 15) is 9.90 Å². The highest BCUT2D eigenvalue weighted by molar-refractivity contribution is 7.98. The van der Waals surface area contributed by atoms with Crippen LogP contribution in [-0.2, 0) is 12.8 Å². The second-order valence-electron chi connectivity index (χ2n) is 9.04. The normalized spacial score (nSPS) is 21.2. The molecule has 32 heavy (non-hydrogen) atoms. The molecule has 168 valence electrons. The molecule has 0 spiro atoms. The number of carbonyl (C=O) groups excluding carboxylic acids is 1. The fourth-order valence-electron chi connectivity index (χ4n) is 4.83. The Balaban J connectivity index is 1.18. The minimum Gasteiger partial charge on any atom is -0.396 e. The van der Waals surface area contributed by atoms with E-state index in [0.29, 0.717) is 24.9 Å². The highest BCUT2D eigenvalue weighted by atomic mass is 32.2. The third-order valence-corrected chi connectivity index (χ3v) is 8.41. The Hall–Kier alpha value is -2.03. The molecule has 0 bridgehead atoms. The first kappa shape index (κ1) is 21.8. The van der Waals surface area contributed by atoms with E-state index in [4.69, 9.17) is 4.98 Å². The number of fused-ring (bicyclic) bond motifs is 1. The lowest BCUT2D eigenvalue weighted by molar-refractivity contribution is 0.0362. The molecule has 1 aliphatic carbocycles. The van der Waals surface area contributed by atoms with Gasteiger partial charge in [-0.2, -0.15) is 0 Å². The maximum atomic E-state index is 12.7. The van der Waals surface area contributed by atoms with Crippen LogP contribution >= 0.6 is 23.1 Å². The largest absolute Gasteiger partial charge is 0.396 e. The van der Waals surface area contributed by atoms with Gasteiger partial charge in [0.1, 0.15) is 5.82 Å². The second kappa shape index (κ2) is 9.45. The van der Waals surface area contributed by atoms with Crippen LogP contribution < -0.4 is 0 Å². The van der Waals surface area contributed by atoms with Crippen molar-refractivity contribution in [3.8, 4) is 0 Å². The molecular weight excluding hydrogens is 440 g/mol. The number of nitrogens with zero attached hydrogens (tertiary/aromatic N) is 4. The summed E-state index contributed by atoms with van der Waals surface area (Å²) < 4.78 is 1.09. The van der Waals surface area contributed by atoms with Crippen LogP contribution in [0.15, 0.2) is 35.5 Å². The van der Waals surface area contributed by atoms with Gasteiger partial charge in [-0.05, 0) is 55.6 Å². The molecule has 5 rings (SSSR count). The summed E-state index contributed by atoms with van der Waals surface area (Å²) in [6, 6.07) is 5.84. The van der Waals surface area contributed by atoms with Gasteiger partial charge in [0.25, 0.3) is 5.91 Å². The van der Waals surface area contributed by atoms with Gasteiger partial charge in [-0.1, -0.05) is 0 Å². The number of benzene rings is 1. The molecule has 0 unspecified atom stereocenters. The zero-order valence-corrected chi connectivity index (χ0v) is 19.9. The van der Waals surface area contributed by atoms with Crippen molar-refractivity contribution in [1.29, 1.82) is 0 Å². The number of thioether (sulfide) groups is 1. The molecule has 1 saturated carbocycles. The number of carbonyl (C=O) groups is 1. The van der Waals surface area contributed by atoms with Crippen molar-refractivity contribution in [1.82, 2.24) is 19.9 Å². The number of aromatic nitrogens is 3. The van der Waals surface area contributed by atoms with Crippen molar-refractivity contribution in [2.75, 3.05) is 26.0 Å². The molecule has 1 N–H and O–H groups in total. The number of aliphatic hydroxyl groups excluding tert-OH is 1. The third-order valence-electron chi connectivity index (χ3n) is 6.68. The number of hydrogen-bond donors (Lipinski definition) is 1. The van der Waals surface area contributed by atoms with Crippen molar-refractivity contribution in [2.45, 2.75) is 37.0 Å². The Morgan fingerprint density at radius 3 is 2.62 bits per heavy atom. The number of aliphatic hydroxyl groups is 1. The van der Waals surface area contributed by atoms with Gasteiger partial charge in [0.05, 0.1) is 15.2 Å². The molecule has 2 atom stereocenters. The number of amides is 1. The standard InChI is InChI=1S/C24H28N4O2S2/c1-31-19-10-25-22(26-11-19)7-15-2-3-16(6-15)8-23-27-20-5-4-18(9-21(20)32-23)24(30)28-12-17(13-28)14-29/h4-5,9-11,15-17,29H,2-3,6-8,12-14H2,1H3/t15-,16-/m0/s1. The van der Waals surface area contributed by atoms with E-state index in [1.807, 2.05) is 36.8 Å². The van der Waals surface area contributed by atoms with Gasteiger partial charge in [-0.25, -0.2) is 15.0 Å². The van der Waals surface area contributed by atoms with Crippen LogP contribution in [-0.4, -0.2) is 56.8 Å². The van der Waals surface area contributed by atoms with Crippen molar-refractivity contribution in [2.24, 2.45) is 17.8 Å². The fraction of sp³-hybridized carbons (Fsp3) is 0.500. The van der Waals surface area contributed by atoms with Gasteiger partial charge in [0.15, 0.2) is 0 Å². The minimum absolute atomic E-state index is 0.0537. The zero-order chi connectivity index (χ0) is 22.1. The van der Waals surface area contributed by atoms with Crippen LogP contribution in [0.25, 0.3) is 10.2 Å². The van der Waals surface area contributed by atoms with Crippen molar-refractivity contribution in [3.63, 3.8) is 0 Å². The van der Waals surface area contributed by atoms with Crippen LogP contribution in [0.4, 0.5) is 0 Å². The Morgan fingerprint density at radius 2 is 1.91 bits per heavy atom. The Labute approximate surface area is 196 Å². The Morgan fingerprint density at radius 1 is 1.16 bits per heavy atom. The molecule has 1 saturated heterocycles. The van der Waals surface area contributed by atoms with Crippen LogP contribution in [0, 0.1) is 17.8 Å². The summed E-state index contributed by atoms with van der Waals surface area (Å²) in [4.78, 5) is 29.5. The van der Waals surface area contributed by atoms with Crippen molar-refractivity contribution >= 4 is 39.2 Å². The summed E-state index contributed by atoms with van der Waals surface area (Å²) >= 11 is 3.39. The van der Waals surface area contributed by atoms with Gasteiger partial charge in [0.2, 0.25) is 0 Å². The van der Waals surface area contributed by atoms with Crippen LogP contribution in [0.5, 0.6) is 0 Å². The molecular formula is C24H28N4O2S2. The molecule has 1 amide bonds. The predicted octanol–water partition coefficient (Wildman–Crippen LogP) is 4.07. The topological polar surface area (TPSA) is 79.2 Å². The van der Waals surface area contributed by atoms with Crippen LogP contribution in [0.1, 0.15) is 40.5 Å². The van der Waals surface area contributed by atoms with E-state index in [2.05, 4.69) is 9.97 Å². The monoisotopic (exact) mass is 468 g/mol. The molecule has 1 aliphatic heterocycles. The highest BCUT2D eigenvalue weighted by Gasteiger charge is 2.31. The molecule has 3 heterocycles. The molecule has 2 fully saturated rings. The maximum absolute atomic E-state index is 12.7. The molecule has 2 aromatic heterocycles. The van der Waals surface area contributed by atoms with E-state index < -0.39 is 0 Å². The molecule has 1 aromatic carbocycles. The number of likely N-dealkylation sites (tertiary alicyclic amines) is 1. The maximum Gasteiger partial charge on any atom is 0.253 e. The molecule has 2 aliphatic rings. The van der Waals surface area contributed by atoms with Gasteiger partial charge < -0.3 is 10.0 Å². The Bertz CT molecular complexity index is 1100. The first-order valence-electron chi connectivity index (χ1n) is 11.3. The zero-order valence-electron chi connectivity index (χ0n) is 18.2. The number of hydrogen-bond acceptors (Lipinski definition) is 7. The lowest BCUT2D eigenvalue weighted by Gasteiger charge is -2.38. The predicted molar refractivity (Wildman–Crippen MR) is 128 cm³/mol. The summed E-state index contributed by atoms with van der Waals surface area (Å²) in [6.07, 6.45) is 11.5. The van der Waals surface area contributed by atoms with Crippen molar-refractivity contribution < 1.29 is 9.90 Å². The Kier molecular flexibility index (Phi) is 6.44. The second-order valence-corrected chi connectivity index (χ2v) is 11.0. The lowest BCUT2D eigenvalue weighted by Crippen LogP contribution is -2.51. The number of thiazole rings is 1. The van der Waals surface area contributed by atoms with Gasteiger partial charge in [-0.3, -0.25) is 4.79 Å². The fourth-order valence-corrected chi connectivity index (χ4v) is 6.27. The van der Waals surface area contributed by atoms with E-state index in [-0.39, 0.29) is 18.4 Å². The lowest BCUT2D eigenvalue weighted by atomic mass is 9.99. The highest BCUT2D eigenvalue weighted by Crippen LogP contribution is 2.36. The average molecular weight is 469 g/mol. The summed E-state index contributed by atoms with van der Waals surface area (Å²) in [7, 11) is 0. The first-order valence-corrected chi connectivity index (χ1v) is 13.3. The SMILES string of the molecule is CSc1cnc(C[C@H]2CC[C@H](Cc3nc4ccc(C(=O)N5CC(CO)C5)cc4s3)C2)nc1. The van der Waals surface area contributed by atoms with Crippen molar-refractivity contribution in [3.05, 3.63) is 47.0 Å². The molecule has 8 heteroatoms. The third kappa shape index (κ3) is 4.67. The van der Waals surface area contributed by atoms with Gasteiger partial charge in [0, 0.05) is 61.3 Å². The first-order chi connectivity index (χ1) is 15.6. The number of rotatable bonds is 7. The average Bonchev–Trinajstić information content (AvgIpc) is 3.39. The summed E-state index contributed by atoms with van der Waals surface area (Å²) in [5, 5.41) is 10.3. The van der Waals surface area contributed by atoms with E-state index in [1.54, 1.807) is 28.0 Å². The van der Waals surface area contributed by atoms with E-state index >= 15 is 0 Å². The quantitative estimate of drug-likeness (QED) is 0.527. The van der Waals surface area contributed by atoms with Crippen LogP contribution in [0.3, 0.4) is 0 Å². The van der Waals surface area contributed by atoms with Gasteiger partial charge >= 0.3 is 0 Å². The van der Waals surface area contributed by atoms with Gasteiger partial charge in [-0.15, -0.1) is 23.1 Å². The van der Waals surface area contributed by atoms with Crippen LogP contribution in [0.2, 0.25) is 0 Å². The smallest absolute Gasteiger partial charge is 0.253 e. The molecule has 0 radical (unpaired) electrons. The van der Waals surface area contributed by atoms with E-state index in [0.717, 1.165) is 39.3 Å². The molecule has 3 aromatic rings. The van der Waals surface area contributed by atoms with E-state index in [1.165, 1.54) is 24.3 Å². The molecule has 6 nitrogen and oxygen atoms in total. The summed E-state index contributed by atoms with van der Waals surface area (Å²) in [6.45, 7) is 1.45.